The average molecular weight is 215 g/mol. The van der Waals surface area contributed by atoms with Crippen molar-refractivity contribution in [1.82, 2.24) is 0 Å². The summed E-state index contributed by atoms with van der Waals surface area (Å²) in [7, 11) is 0. The SMILES string of the molecule is C1=NC2(CCOCC2)CCc2ccccc21. The summed E-state index contributed by atoms with van der Waals surface area (Å²) in [5, 5.41) is 0. The lowest BCUT2D eigenvalue weighted by Gasteiger charge is -2.32. The molecule has 0 N–H and O–H groups in total. The lowest BCUT2D eigenvalue weighted by Crippen LogP contribution is -2.34. The van der Waals surface area contributed by atoms with Crippen molar-refractivity contribution >= 4 is 6.21 Å². The Morgan fingerprint density at radius 2 is 1.88 bits per heavy atom. The zero-order valence-corrected chi connectivity index (χ0v) is 9.48. The normalized spacial score (nSPS) is 22.8. The molecule has 3 rings (SSSR count). The molecule has 1 fully saturated rings. The molecule has 0 atom stereocenters. The summed E-state index contributed by atoms with van der Waals surface area (Å²) in [5.74, 6) is 0. The number of fused-ring (bicyclic) bond motifs is 1. The summed E-state index contributed by atoms with van der Waals surface area (Å²) >= 11 is 0. The molecule has 1 aromatic rings. The molecular weight excluding hydrogens is 198 g/mol. The van der Waals surface area contributed by atoms with E-state index in [1.54, 1.807) is 0 Å². The molecule has 2 aliphatic rings. The Morgan fingerprint density at radius 1 is 1.06 bits per heavy atom. The minimum Gasteiger partial charge on any atom is -0.381 e. The third-order valence-electron chi connectivity index (χ3n) is 3.82. The van der Waals surface area contributed by atoms with E-state index >= 15 is 0 Å². The van der Waals surface area contributed by atoms with Crippen molar-refractivity contribution in [1.29, 1.82) is 0 Å². The Labute approximate surface area is 96.3 Å². The van der Waals surface area contributed by atoms with Gasteiger partial charge >= 0.3 is 0 Å². The van der Waals surface area contributed by atoms with Crippen LogP contribution >= 0.6 is 0 Å². The average Bonchev–Trinajstić information content (AvgIpc) is 2.52. The molecule has 1 aromatic carbocycles. The Hall–Kier alpha value is -1.15. The first-order valence-corrected chi connectivity index (χ1v) is 6.09. The zero-order chi connectivity index (χ0) is 10.8. The predicted octanol–water partition coefficient (Wildman–Crippen LogP) is 2.60. The van der Waals surface area contributed by atoms with E-state index in [0.29, 0.717) is 0 Å². The number of ether oxygens (including phenoxy) is 1. The van der Waals surface area contributed by atoms with Gasteiger partial charge in [0.25, 0.3) is 0 Å². The van der Waals surface area contributed by atoms with Gasteiger partial charge in [0.15, 0.2) is 0 Å². The van der Waals surface area contributed by atoms with E-state index in [1.165, 1.54) is 17.5 Å². The first-order chi connectivity index (χ1) is 7.88. The number of aliphatic imine (C=N–C) groups is 1. The van der Waals surface area contributed by atoms with Crippen LogP contribution in [0.3, 0.4) is 0 Å². The molecule has 16 heavy (non-hydrogen) atoms. The first kappa shape index (κ1) is 10.0. The van der Waals surface area contributed by atoms with Gasteiger partial charge in [-0.1, -0.05) is 24.3 Å². The van der Waals surface area contributed by atoms with Crippen molar-refractivity contribution in [3.05, 3.63) is 35.4 Å². The molecule has 84 valence electrons. The minimum absolute atomic E-state index is 0.164. The van der Waals surface area contributed by atoms with Gasteiger partial charge in [-0.15, -0.1) is 0 Å². The largest absolute Gasteiger partial charge is 0.381 e. The van der Waals surface area contributed by atoms with Gasteiger partial charge in [0.2, 0.25) is 0 Å². The van der Waals surface area contributed by atoms with Crippen LogP contribution in [0.15, 0.2) is 29.3 Å². The van der Waals surface area contributed by atoms with Crippen LogP contribution in [-0.2, 0) is 11.2 Å². The van der Waals surface area contributed by atoms with Crippen LogP contribution in [-0.4, -0.2) is 25.0 Å². The van der Waals surface area contributed by atoms with Gasteiger partial charge in [0.1, 0.15) is 0 Å². The van der Waals surface area contributed by atoms with Crippen LogP contribution in [0.5, 0.6) is 0 Å². The maximum atomic E-state index is 5.44. The van der Waals surface area contributed by atoms with Crippen molar-refractivity contribution in [2.75, 3.05) is 13.2 Å². The van der Waals surface area contributed by atoms with Crippen LogP contribution in [0.4, 0.5) is 0 Å². The number of aryl methyl sites for hydroxylation is 1. The number of hydrogen-bond acceptors (Lipinski definition) is 2. The quantitative estimate of drug-likeness (QED) is 0.652. The highest BCUT2D eigenvalue weighted by atomic mass is 16.5. The second-order valence-electron chi connectivity index (χ2n) is 4.79. The lowest BCUT2D eigenvalue weighted by molar-refractivity contribution is 0.0517. The van der Waals surface area contributed by atoms with E-state index in [9.17, 15) is 0 Å². The molecule has 0 amide bonds. The van der Waals surface area contributed by atoms with Crippen molar-refractivity contribution < 1.29 is 4.74 Å². The second kappa shape index (κ2) is 4.02. The Balaban J connectivity index is 1.90. The van der Waals surface area contributed by atoms with E-state index in [1.807, 2.05) is 0 Å². The highest BCUT2D eigenvalue weighted by Gasteiger charge is 2.32. The molecule has 0 saturated carbocycles. The molecular formula is C14H17NO. The maximum Gasteiger partial charge on any atom is 0.0655 e. The summed E-state index contributed by atoms with van der Waals surface area (Å²) in [5.41, 5.74) is 2.90. The molecule has 2 nitrogen and oxygen atoms in total. The Morgan fingerprint density at radius 3 is 2.75 bits per heavy atom. The van der Waals surface area contributed by atoms with Crippen molar-refractivity contribution in [3.8, 4) is 0 Å². The summed E-state index contributed by atoms with van der Waals surface area (Å²) in [6.07, 6.45) is 6.56. The number of benzene rings is 1. The zero-order valence-electron chi connectivity index (χ0n) is 9.48. The van der Waals surface area contributed by atoms with Gasteiger partial charge in [-0.3, -0.25) is 4.99 Å². The van der Waals surface area contributed by atoms with Crippen LogP contribution in [0.25, 0.3) is 0 Å². The summed E-state index contributed by atoms with van der Waals surface area (Å²) in [6.45, 7) is 1.74. The fourth-order valence-corrected chi connectivity index (χ4v) is 2.66. The topological polar surface area (TPSA) is 21.6 Å². The maximum absolute atomic E-state index is 5.44. The van der Waals surface area contributed by atoms with Crippen molar-refractivity contribution in [2.45, 2.75) is 31.2 Å². The van der Waals surface area contributed by atoms with Crippen molar-refractivity contribution in [2.24, 2.45) is 4.99 Å². The molecule has 0 radical (unpaired) electrons. The molecule has 0 bridgehead atoms. The lowest BCUT2D eigenvalue weighted by atomic mass is 9.85. The molecule has 0 aromatic heterocycles. The summed E-state index contributed by atoms with van der Waals surface area (Å²) < 4.78 is 5.44. The molecule has 1 spiro atoms. The summed E-state index contributed by atoms with van der Waals surface area (Å²) in [6, 6.07) is 8.60. The third kappa shape index (κ3) is 1.78. The molecule has 2 heterocycles. The minimum atomic E-state index is 0.164. The molecule has 0 unspecified atom stereocenters. The summed E-state index contributed by atoms with van der Waals surface area (Å²) in [4.78, 5) is 4.85. The second-order valence-corrected chi connectivity index (χ2v) is 4.79. The fourth-order valence-electron chi connectivity index (χ4n) is 2.66. The van der Waals surface area contributed by atoms with E-state index in [4.69, 9.17) is 9.73 Å². The van der Waals surface area contributed by atoms with E-state index in [-0.39, 0.29) is 5.54 Å². The Kier molecular flexibility index (Phi) is 2.52. The van der Waals surface area contributed by atoms with E-state index < -0.39 is 0 Å². The van der Waals surface area contributed by atoms with Crippen LogP contribution in [0.2, 0.25) is 0 Å². The van der Waals surface area contributed by atoms with Gasteiger partial charge in [-0.05, 0) is 36.8 Å². The van der Waals surface area contributed by atoms with Gasteiger partial charge in [-0.25, -0.2) is 0 Å². The third-order valence-corrected chi connectivity index (χ3v) is 3.82. The predicted molar refractivity (Wildman–Crippen MR) is 65.1 cm³/mol. The van der Waals surface area contributed by atoms with Crippen LogP contribution in [0, 0.1) is 0 Å². The fraction of sp³-hybridized carbons (Fsp3) is 0.500. The number of nitrogens with zero attached hydrogens (tertiary/aromatic N) is 1. The molecule has 1 saturated heterocycles. The van der Waals surface area contributed by atoms with Gasteiger partial charge in [-0.2, -0.15) is 0 Å². The molecule has 2 heteroatoms. The van der Waals surface area contributed by atoms with Crippen LogP contribution < -0.4 is 0 Å². The van der Waals surface area contributed by atoms with Gasteiger partial charge in [0, 0.05) is 19.4 Å². The number of hydrogen-bond donors (Lipinski definition) is 0. The standard InChI is InChI=1S/C14H17NO/c1-2-4-13-11-15-14(6-5-12(13)3-1)7-9-16-10-8-14/h1-4,11H,5-10H2. The van der Waals surface area contributed by atoms with Crippen molar-refractivity contribution in [3.63, 3.8) is 0 Å². The molecule has 2 aliphatic heterocycles. The highest BCUT2D eigenvalue weighted by molar-refractivity contribution is 5.82. The smallest absolute Gasteiger partial charge is 0.0655 e. The van der Waals surface area contributed by atoms with E-state index in [0.717, 1.165) is 32.5 Å². The van der Waals surface area contributed by atoms with E-state index in [2.05, 4.69) is 30.5 Å². The van der Waals surface area contributed by atoms with Crippen LogP contribution in [0.1, 0.15) is 30.4 Å². The Bertz CT molecular complexity index is 405. The first-order valence-electron chi connectivity index (χ1n) is 6.09. The monoisotopic (exact) mass is 215 g/mol. The number of rotatable bonds is 0. The molecule has 0 aliphatic carbocycles. The van der Waals surface area contributed by atoms with Gasteiger partial charge < -0.3 is 4.74 Å². The van der Waals surface area contributed by atoms with Gasteiger partial charge in [0.05, 0.1) is 5.54 Å². The highest BCUT2D eigenvalue weighted by Crippen LogP contribution is 2.32.